The lowest BCUT2D eigenvalue weighted by Crippen LogP contribution is -1.99. The van der Waals surface area contributed by atoms with Crippen LogP contribution in [0.2, 0.25) is 5.02 Å². The van der Waals surface area contributed by atoms with E-state index in [0.717, 1.165) is 11.1 Å². The zero-order chi connectivity index (χ0) is 26.3. The predicted octanol–water partition coefficient (Wildman–Crippen LogP) is 8.09. The number of aromatic carboxylic acids is 1. The molecule has 0 bridgehead atoms. The molecule has 5 aromatic rings. The molecule has 8 heteroatoms. The van der Waals surface area contributed by atoms with Gasteiger partial charge in [0.05, 0.1) is 11.1 Å². The van der Waals surface area contributed by atoms with Gasteiger partial charge in [0.15, 0.2) is 11.4 Å². The quantitative estimate of drug-likeness (QED) is 0.207. The van der Waals surface area contributed by atoms with Gasteiger partial charge in [-0.05, 0) is 55.3 Å². The molecule has 0 aliphatic carbocycles. The third-order valence-electron chi connectivity index (χ3n) is 6.22. The molecule has 0 amide bonds. The molecule has 1 aromatic heterocycles. The molecule has 5 rings (SSSR count). The smallest absolute Gasteiger partial charge is 0.335 e. The van der Waals surface area contributed by atoms with E-state index in [1.165, 1.54) is 16.7 Å². The predicted molar refractivity (Wildman–Crippen MR) is 144 cm³/mol. The number of hydrogen-bond acceptors (Lipinski definition) is 5. The lowest BCUT2D eigenvalue weighted by atomic mass is 10.00. The summed E-state index contributed by atoms with van der Waals surface area (Å²) in [5.41, 5.74) is 4.39. The molecule has 0 unspecified atom stereocenters. The van der Waals surface area contributed by atoms with E-state index in [1.54, 1.807) is 49.4 Å². The fourth-order valence-electron chi connectivity index (χ4n) is 4.32. The van der Waals surface area contributed by atoms with Crippen molar-refractivity contribution in [1.29, 1.82) is 0 Å². The Kier molecular flexibility index (Phi) is 6.15. The monoisotopic (exact) mass is 511 g/mol. The molecule has 4 aromatic carbocycles. The molecule has 0 radical (unpaired) electrons. The van der Waals surface area contributed by atoms with E-state index >= 15 is 0 Å². The molecule has 184 valence electrons. The minimum absolute atomic E-state index is 0.0753. The van der Waals surface area contributed by atoms with E-state index in [1.807, 2.05) is 31.2 Å². The number of para-hydroxylation sites is 1. The molecular formula is C29H22ClN3O4. The second-order valence-corrected chi connectivity index (χ2v) is 9.09. The van der Waals surface area contributed by atoms with Gasteiger partial charge >= 0.3 is 5.97 Å². The highest BCUT2D eigenvalue weighted by Gasteiger charge is 2.20. The minimum atomic E-state index is -1.07. The summed E-state index contributed by atoms with van der Waals surface area (Å²) in [5, 5.41) is 41.4. The zero-order valence-electron chi connectivity index (χ0n) is 20.0. The second-order valence-electron chi connectivity index (χ2n) is 8.68. The van der Waals surface area contributed by atoms with Gasteiger partial charge in [-0.3, -0.25) is 4.57 Å². The number of halogens is 1. The number of aromatic hydroxyl groups is 2. The Bertz CT molecular complexity index is 1720. The second kappa shape index (κ2) is 9.44. The van der Waals surface area contributed by atoms with Crippen molar-refractivity contribution in [1.82, 2.24) is 4.57 Å². The van der Waals surface area contributed by atoms with Crippen LogP contribution in [0.4, 0.5) is 11.4 Å². The molecule has 3 N–H and O–H groups in total. The van der Waals surface area contributed by atoms with Crippen molar-refractivity contribution in [3.63, 3.8) is 0 Å². The summed E-state index contributed by atoms with van der Waals surface area (Å²) in [4.78, 5) is 11.5. The van der Waals surface area contributed by atoms with E-state index in [-0.39, 0.29) is 28.6 Å². The number of azo groups is 1. The van der Waals surface area contributed by atoms with Crippen LogP contribution in [-0.2, 0) is 0 Å². The molecule has 0 spiro atoms. The van der Waals surface area contributed by atoms with Crippen molar-refractivity contribution in [3.05, 3.63) is 101 Å². The number of fused-ring (bicyclic) bond motifs is 1. The summed E-state index contributed by atoms with van der Waals surface area (Å²) in [6.07, 6.45) is 0. The van der Waals surface area contributed by atoms with Crippen LogP contribution in [0.1, 0.15) is 21.5 Å². The fraction of sp³-hybridized carbons (Fsp3) is 0.0690. The summed E-state index contributed by atoms with van der Waals surface area (Å²) in [6.45, 7) is 3.69. The topological polar surface area (TPSA) is 107 Å². The lowest BCUT2D eigenvalue weighted by Gasteiger charge is -2.12. The number of nitrogens with zero attached hydrogens (tertiary/aromatic N) is 3. The van der Waals surface area contributed by atoms with E-state index < -0.39 is 5.97 Å². The Morgan fingerprint density at radius 3 is 2.35 bits per heavy atom. The van der Waals surface area contributed by atoms with Crippen LogP contribution in [0.25, 0.3) is 27.7 Å². The van der Waals surface area contributed by atoms with Crippen LogP contribution < -0.4 is 0 Å². The van der Waals surface area contributed by atoms with Gasteiger partial charge in [0.2, 0.25) is 5.88 Å². The molecule has 0 fully saturated rings. The summed E-state index contributed by atoms with van der Waals surface area (Å²) < 4.78 is 1.51. The van der Waals surface area contributed by atoms with Gasteiger partial charge in [0.25, 0.3) is 0 Å². The van der Waals surface area contributed by atoms with E-state index in [2.05, 4.69) is 10.2 Å². The lowest BCUT2D eigenvalue weighted by molar-refractivity contribution is 0.0697. The van der Waals surface area contributed by atoms with Crippen molar-refractivity contribution in [2.75, 3.05) is 0 Å². The van der Waals surface area contributed by atoms with E-state index in [4.69, 9.17) is 11.6 Å². The maximum absolute atomic E-state index is 11.5. The van der Waals surface area contributed by atoms with Gasteiger partial charge in [0, 0.05) is 21.7 Å². The number of carboxylic acids is 1. The average molecular weight is 512 g/mol. The van der Waals surface area contributed by atoms with E-state index in [9.17, 15) is 20.1 Å². The number of phenolic OH excluding ortho intramolecular Hbond substituents is 1. The Hall–Kier alpha value is -4.62. The number of hydrogen-bond donors (Lipinski definition) is 3. The first-order valence-corrected chi connectivity index (χ1v) is 11.8. The Morgan fingerprint density at radius 2 is 1.59 bits per heavy atom. The van der Waals surface area contributed by atoms with Crippen molar-refractivity contribution in [3.8, 4) is 28.4 Å². The van der Waals surface area contributed by atoms with Gasteiger partial charge in [-0.25, -0.2) is 4.79 Å². The first kappa shape index (κ1) is 24.1. The Morgan fingerprint density at radius 1 is 0.865 bits per heavy atom. The van der Waals surface area contributed by atoms with Gasteiger partial charge in [0.1, 0.15) is 5.69 Å². The molecule has 1 heterocycles. The molecule has 0 atom stereocenters. The highest BCUT2D eigenvalue weighted by Crippen LogP contribution is 2.46. The zero-order valence-corrected chi connectivity index (χ0v) is 20.7. The Labute approximate surface area is 217 Å². The molecule has 37 heavy (non-hydrogen) atoms. The number of benzene rings is 4. The van der Waals surface area contributed by atoms with Crippen molar-refractivity contribution >= 4 is 39.8 Å². The number of carbonyl (C=O) groups is 1. The van der Waals surface area contributed by atoms with E-state index in [0.29, 0.717) is 32.7 Å². The highest BCUT2D eigenvalue weighted by molar-refractivity contribution is 6.32. The normalized spacial score (nSPS) is 11.4. The SMILES string of the molecule is Cc1cccc(-c2cc(Cl)c(C)c(N=Nc3c(O)n(-c4cccc(C(=O)O)c4)c4ccccc34)c2O)c1. The third kappa shape index (κ3) is 4.30. The fourth-order valence-corrected chi connectivity index (χ4v) is 4.52. The number of aryl methyl sites for hydroxylation is 1. The van der Waals surface area contributed by atoms with Crippen LogP contribution in [0.5, 0.6) is 11.6 Å². The number of rotatable bonds is 5. The molecule has 0 aliphatic rings. The van der Waals surface area contributed by atoms with Crippen LogP contribution in [0.3, 0.4) is 0 Å². The maximum atomic E-state index is 11.5. The maximum Gasteiger partial charge on any atom is 0.335 e. The molecule has 0 saturated carbocycles. The standard InChI is InChI=1S/C29H22ClN3O4/c1-16-7-5-8-18(13-16)22-15-23(30)17(2)25(27(22)34)31-32-26-21-11-3-4-12-24(21)33(28(26)35)20-10-6-9-19(14-20)29(36)37/h3-15,34-35H,1-2H3,(H,36,37). The van der Waals surface area contributed by atoms with Crippen LogP contribution in [0.15, 0.2) is 89.1 Å². The summed E-state index contributed by atoms with van der Waals surface area (Å²) in [6, 6.07) is 22.8. The number of aromatic nitrogens is 1. The number of phenols is 1. The van der Waals surface area contributed by atoms with Crippen molar-refractivity contribution < 1.29 is 20.1 Å². The third-order valence-corrected chi connectivity index (χ3v) is 6.61. The summed E-state index contributed by atoms with van der Waals surface area (Å²) >= 11 is 6.50. The first-order chi connectivity index (χ1) is 17.8. The van der Waals surface area contributed by atoms with Crippen LogP contribution >= 0.6 is 11.6 Å². The summed E-state index contributed by atoms with van der Waals surface area (Å²) in [5.74, 6) is -1.37. The molecular weight excluding hydrogens is 490 g/mol. The van der Waals surface area contributed by atoms with Crippen LogP contribution in [-0.4, -0.2) is 25.9 Å². The number of carboxylic acid groups (broad SMARTS) is 1. The minimum Gasteiger partial charge on any atom is -0.505 e. The van der Waals surface area contributed by atoms with Gasteiger partial charge in [-0.1, -0.05) is 65.7 Å². The molecule has 0 aliphatic heterocycles. The first-order valence-electron chi connectivity index (χ1n) is 11.4. The van der Waals surface area contributed by atoms with Gasteiger partial charge in [-0.15, -0.1) is 10.2 Å². The molecule has 7 nitrogen and oxygen atoms in total. The average Bonchev–Trinajstić information content (AvgIpc) is 3.17. The van der Waals surface area contributed by atoms with Crippen molar-refractivity contribution in [2.24, 2.45) is 10.2 Å². The van der Waals surface area contributed by atoms with Gasteiger partial charge in [-0.2, -0.15) is 0 Å². The highest BCUT2D eigenvalue weighted by atomic mass is 35.5. The van der Waals surface area contributed by atoms with Gasteiger partial charge < -0.3 is 15.3 Å². The van der Waals surface area contributed by atoms with Crippen LogP contribution in [0, 0.1) is 13.8 Å². The van der Waals surface area contributed by atoms with Crippen molar-refractivity contribution in [2.45, 2.75) is 13.8 Å². The molecule has 0 saturated heterocycles. The summed E-state index contributed by atoms with van der Waals surface area (Å²) in [7, 11) is 0. The largest absolute Gasteiger partial charge is 0.505 e. The Balaban J connectivity index is 1.67.